The number of hydrogen-bond acceptors (Lipinski definition) is 4. The summed E-state index contributed by atoms with van der Waals surface area (Å²) in [6, 6.07) is 7.58. The third kappa shape index (κ3) is 4.89. The molecule has 0 aliphatic rings. The fourth-order valence-corrected chi connectivity index (χ4v) is 2.64. The molecule has 2 rings (SSSR count). The maximum absolute atomic E-state index is 12.2. The molecule has 1 aromatic heterocycles. The zero-order valence-electron chi connectivity index (χ0n) is 13.3. The molecule has 1 aromatic carbocycles. The van der Waals surface area contributed by atoms with Crippen molar-refractivity contribution in [2.45, 2.75) is 32.6 Å². The Bertz CT molecular complexity index is 730. The van der Waals surface area contributed by atoms with Crippen molar-refractivity contribution >= 4 is 27.8 Å². The SMILES string of the molecule is Cc1c(C(=O)NCCCCCC(=O)O)nnn1-c1cccc(Br)c1. The lowest BCUT2D eigenvalue weighted by atomic mass is 10.2. The minimum atomic E-state index is -0.793. The molecule has 7 nitrogen and oxygen atoms in total. The smallest absolute Gasteiger partial charge is 0.303 e. The van der Waals surface area contributed by atoms with E-state index in [0.717, 1.165) is 23.0 Å². The van der Waals surface area contributed by atoms with Crippen LogP contribution in [0.4, 0.5) is 0 Å². The van der Waals surface area contributed by atoms with E-state index in [2.05, 4.69) is 31.6 Å². The van der Waals surface area contributed by atoms with Gasteiger partial charge in [0.05, 0.1) is 11.4 Å². The van der Waals surface area contributed by atoms with Gasteiger partial charge in [-0.15, -0.1) is 5.10 Å². The number of amides is 1. The van der Waals surface area contributed by atoms with Crippen molar-refractivity contribution in [3.63, 3.8) is 0 Å². The van der Waals surface area contributed by atoms with Crippen molar-refractivity contribution in [2.75, 3.05) is 6.54 Å². The number of aliphatic carboxylic acids is 1. The normalized spacial score (nSPS) is 10.6. The Morgan fingerprint density at radius 1 is 1.29 bits per heavy atom. The van der Waals surface area contributed by atoms with Gasteiger partial charge in [-0.2, -0.15) is 0 Å². The van der Waals surface area contributed by atoms with E-state index in [0.29, 0.717) is 24.4 Å². The van der Waals surface area contributed by atoms with Gasteiger partial charge in [0.2, 0.25) is 0 Å². The van der Waals surface area contributed by atoms with Gasteiger partial charge in [0.15, 0.2) is 5.69 Å². The average molecular weight is 395 g/mol. The molecule has 0 unspecified atom stereocenters. The number of carbonyl (C=O) groups excluding carboxylic acids is 1. The van der Waals surface area contributed by atoms with Gasteiger partial charge in [-0.3, -0.25) is 9.59 Å². The lowest BCUT2D eigenvalue weighted by molar-refractivity contribution is -0.137. The zero-order valence-corrected chi connectivity index (χ0v) is 14.9. The molecule has 128 valence electrons. The zero-order chi connectivity index (χ0) is 17.5. The number of carboxylic acids is 1. The molecule has 0 saturated heterocycles. The van der Waals surface area contributed by atoms with Crippen LogP contribution in [0.3, 0.4) is 0 Å². The molecule has 0 aliphatic heterocycles. The van der Waals surface area contributed by atoms with Crippen LogP contribution in [-0.4, -0.2) is 38.5 Å². The van der Waals surface area contributed by atoms with Crippen LogP contribution in [0.2, 0.25) is 0 Å². The predicted octanol–water partition coefficient (Wildman–Crippen LogP) is 2.71. The molecule has 24 heavy (non-hydrogen) atoms. The van der Waals surface area contributed by atoms with Crippen molar-refractivity contribution in [1.82, 2.24) is 20.3 Å². The van der Waals surface area contributed by atoms with E-state index in [1.54, 1.807) is 11.6 Å². The molecule has 0 aliphatic carbocycles. The largest absolute Gasteiger partial charge is 0.481 e. The maximum Gasteiger partial charge on any atom is 0.303 e. The second-order valence-corrected chi connectivity index (χ2v) is 6.29. The third-order valence-corrected chi connectivity index (χ3v) is 4.01. The molecule has 1 heterocycles. The first-order valence-electron chi connectivity index (χ1n) is 7.67. The van der Waals surface area contributed by atoms with E-state index in [4.69, 9.17) is 5.11 Å². The molecule has 1 amide bonds. The Kier molecular flexibility index (Phi) is 6.48. The Balaban J connectivity index is 1.91. The number of unbranched alkanes of at least 4 members (excludes halogenated alkanes) is 2. The van der Waals surface area contributed by atoms with Crippen molar-refractivity contribution in [1.29, 1.82) is 0 Å². The van der Waals surface area contributed by atoms with Crippen LogP contribution in [0.5, 0.6) is 0 Å². The summed E-state index contributed by atoms with van der Waals surface area (Å²) in [6.07, 6.45) is 2.27. The van der Waals surface area contributed by atoms with Gasteiger partial charge >= 0.3 is 5.97 Å². The van der Waals surface area contributed by atoms with E-state index >= 15 is 0 Å². The van der Waals surface area contributed by atoms with Crippen molar-refractivity contribution < 1.29 is 14.7 Å². The molecule has 0 fully saturated rings. The summed E-state index contributed by atoms with van der Waals surface area (Å²) in [7, 11) is 0. The van der Waals surface area contributed by atoms with Crippen LogP contribution >= 0.6 is 15.9 Å². The first kappa shape index (κ1) is 18.1. The van der Waals surface area contributed by atoms with Crippen LogP contribution in [0, 0.1) is 6.92 Å². The fraction of sp³-hybridized carbons (Fsp3) is 0.375. The maximum atomic E-state index is 12.2. The first-order chi connectivity index (χ1) is 11.5. The van der Waals surface area contributed by atoms with E-state index < -0.39 is 5.97 Å². The number of nitrogens with zero attached hydrogens (tertiary/aromatic N) is 3. The second kappa shape index (κ2) is 8.58. The highest BCUT2D eigenvalue weighted by molar-refractivity contribution is 9.10. The lowest BCUT2D eigenvalue weighted by Crippen LogP contribution is -2.25. The number of hydrogen-bond donors (Lipinski definition) is 2. The summed E-state index contributed by atoms with van der Waals surface area (Å²) in [5, 5.41) is 19.4. The summed E-state index contributed by atoms with van der Waals surface area (Å²) in [6.45, 7) is 2.28. The van der Waals surface area contributed by atoms with Crippen LogP contribution in [0.25, 0.3) is 5.69 Å². The minimum absolute atomic E-state index is 0.161. The van der Waals surface area contributed by atoms with Crippen molar-refractivity contribution in [3.05, 3.63) is 40.1 Å². The van der Waals surface area contributed by atoms with Crippen molar-refractivity contribution in [3.8, 4) is 5.69 Å². The second-order valence-electron chi connectivity index (χ2n) is 5.38. The Hall–Kier alpha value is -2.22. The molecule has 0 spiro atoms. The van der Waals surface area contributed by atoms with E-state index in [1.807, 2.05) is 24.3 Å². The Labute approximate surface area is 148 Å². The van der Waals surface area contributed by atoms with Gasteiger partial charge in [0, 0.05) is 17.4 Å². The van der Waals surface area contributed by atoms with Crippen LogP contribution in [0.15, 0.2) is 28.7 Å². The number of aromatic nitrogens is 3. The standard InChI is InChI=1S/C16H19BrN4O3/c1-11-15(16(24)18-9-4-2-3-8-14(22)23)19-20-21(11)13-7-5-6-12(17)10-13/h5-7,10H,2-4,8-9H2,1H3,(H,18,24)(H,22,23). The summed E-state index contributed by atoms with van der Waals surface area (Å²) < 4.78 is 2.54. The highest BCUT2D eigenvalue weighted by Crippen LogP contribution is 2.17. The van der Waals surface area contributed by atoms with Gasteiger partial charge in [-0.25, -0.2) is 4.68 Å². The van der Waals surface area contributed by atoms with E-state index in [1.165, 1.54) is 0 Å². The van der Waals surface area contributed by atoms with E-state index in [9.17, 15) is 9.59 Å². The molecule has 0 atom stereocenters. The average Bonchev–Trinajstić information content (AvgIpc) is 2.92. The third-order valence-electron chi connectivity index (χ3n) is 3.52. The molecule has 0 saturated carbocycles. The molecule has 0 bridgehead atoms. The molecule has 2 aromatic rings. The van der Waals surface area contributed by atoms with Crippen LogP contribution in [0.1, 0.15) is 41.9 Å². The molecule has 0 radical (unpaired) electrons. The van der Waals surface area contributed by atoms with Crippen LogP contribution in [-0.2, 0) is 4.79 Å². The van der Waals surface area contributed by atoms with Gasteiger partial charge < -0.3 is 10.4 Å². The molecular formula is C16H19BrN4O3. The number of nitrogens with one attached hydrogen (secondary N) is 1. The summed E-state index contributed by atoms with van der Waals surface area (Å²) in [4.78, 5) is 22.6. The summed E-state index contributed by atoms with van der Waals surface area (Å²) in [5.74, 6) is -1.06. The fourth-order valence-electron chi connectivity index (χ4n) is 2.26. The van der Waals surface area contributed by atoms with E-state index in [-0.39, 0.29) is 12.3 Å². The van der Waals surface area contributed by atoms with Gasteiger partial charge in [0.1, 0.15) is 0 Å². The summed E-state index contributed by atoms with van der Waals surface area (Å²) in [5.41, 5.74) is 1.78. The van der Waals surface area contributed by atoms with Crippen LogP contribution < -0.4 is 5.32 Å². The highest BCUT2D eigenvalue weighted by Gasteiger charge is 2.16. The number of rotatable bonds is 8. The molecule has 2 N–H and O–H groups in total. The number of carboxylic acid groups (broad SMARTS) is 1. The number of halogens is 1. The molecule has 8 heteroatoms. The Morgan fingerprint density at radius 2 is 2.08 bits per heavy atom. The monoisotopic (exact) mass is 394 g/mol. The minimum Gasteiger partial charge on any atom is -0.481 e. The first-order valence-corrected chi connectivity index (χ1v) is 8.46. The van der Waals surface area contributed by atoms with Gasteiger partial charge in [-0.05, 0) is 38.0 Å². The Morgan fingerprint density at radius 3 is 2.79 bits per heavy atom. The van der Waals surface area contributed by atoms with Gasteiger partial charge in [0.25, 0.3) is 5.91 Å². The highest BCUT2D eigenvalue weighted by atomic mass is 79.9. The number of carbonyl (C=O) groups is 2. The quantitative estimate of drug-likeness (QED) is 0.670. The topological polar surface area (TPSA) is 97.1 Å². The molecular weight excluding hydrogens is 376 g/mol. The van der Waals surface area contributed by atoms with Crippen molar-refractivity contribution in [2.24, 2.45) is 0 Å². The predicted molar refractivity (Wildman–Crippen MR) is 92.2 cm³/mol. The lowest BCUT2D eigenvalue weighted by Gasteiger charge is -2.05. The summed E-state index contributed by atoms with van der Waals surface area (Å²) >= 11 is 3.41. The van der Waals surface area contributed by atoms with Gasteiger partial charge in [-0.1, -0.05) is 33.6 Å². The number of benzene rings is 1.